The molecule has 6 aromatic rings. The van der Waals surface area contributed by atoms with Crippen LogP contribution >= 0.6 is 0 Å². The topological polar surface area (TPSA) is 79.8 Å². The predicted octanol–water partition coefficient (Wildman–Crippen LogP) is 4.29. The lowest BCUT2D eigenvalue weighted by Gasteiger charge is -2.13. The zero-order valence-corrected chi connectivity index (χ0v) is 20.6. The minimum absolute atomic E-state index is 0.156. The molecule has 8 heteroatoms. The van der Waals surface area contributed by atoms with Gasteiger partial charge in [0.25, 0.3) is 5.56 Å². The number of methoxy groups -OCH3 is 1. The molecule has 3 heterocycles. The summed E-state index contributed by atoms with van der Waals surface area (Å²) in [5, 5.41) is 0.439. The van der Waals surface area contributed by atoms with Crippen molar-refractivity contribution in [1.82, 2.24) is 18.5 Å². The van der Waals surface area contributed by atoms with Gasteiger partial charge in [0.1, 0.15) is 23.8 Å². The first-order valence-electron chi connectivity index (χ1n) is 11.8. The molecule has 3 aromatic heterocycles. The number of fused-ring (bicyclic) bond motifs is 5. The van der Waals surface area contributed by atoms with Gasteiger partial charge in [-0.3, -0.25) is 13.9 Å². The number of aromatic nitrogens is 4. The number of nitrogens with zero attached hydrogens (tertiary/aromatic N) is 4. The molecule has 0 bridgehead atoms. The van der Waals surface area contributed by atoms with Crippen molar-refractivity contribution in [1.29, 1.82) is 0 Å². The highest BCUT2D eigenvalue weighted by molar-refractivity contribution is 6.07. The van der Waals surface area contributed by atoms with E-state index in [0.29, 0.717) is 39.3 Å². The van der Waals surface area contributed by atoms with Crippen LogP contribution in [-0.2, 0) is 20.7 Å². The third-order valence-corrected chi connectivity index (χ3v) is 6.71. The van der Waals surface area contributed by atoms with Crippen LogP contribution in [0.15, 0.2) is 88.5 Å². The molecule has 0 saturated carbocycles. The summed E-state index contributed by atoms with van der Waals surface area (Å²) in [5.74, 6) is 1.41. The highest BCUT2D eigenvalue weighted by Gasteiger charge is 2.25. The zero-order chi connectivity index (χ0) is 25.7. The molecule has 0 fully saturated rings. The van der Waals surface area contributed by atoms with Crippen LogP contribution in [0.5, 0.6) is 11.5 Å². The number of para-hydroxylation sites is 3. The Bertz CT molecular complexity index is 1920. The Hall–Kier alpha value is -4.85. The van der Waals surface area contributed by atoms with Crippen molar-refractivity contribution < 1.29 is 9.47 Å². The average molecular weight is 493 g/mol. The number of benzene rings is 3. The molecule has 37 heavy (non-hydrogen) atoms. The van der Waals surface area contributed by atoms with E-state index in [1.54, 1.807) is 14.2 Å². The van der Waals surface area contributed by atoms with Crippen LogP contribution in [0.3, 0.4) is 0 Å². The monoisotopic (exact) mass is 492 g/mol. The summed E-state index contributed by atoms with van der Waals surface area (Å²) in [6, 6.07) is 24.8. The van der Waals surface area contributed by atoms with Crippen LogP contribution in [0.2, 0.25) is 0 Å². The zero-order valence-electron chi connectivity index (χ0n) is 20.6. The summed E-state index contributed by atoms with van der Waals surface area (Å²) in [5.41, 5.74) is 4.08. The standard InChI is InChI=1S/C29H24N4O4/c1-31-27-24(28(34)32(2)29(31)35)25(18-13-15-19(36-3)16-14-18)33-23-12-8-7-11-21(23)30-22(26(27)33)17-37-20-9-5-4-6-10-20/h4-16H,17H2,1-3H3. The van der Waals surface area contributed by atoms with Crippen LogP contribution in [0.4, 0.5) is 0 Å². The molecule has 0 aliphatic carbocycles. The highest BCUT2D eigenvalue weighted by atomic mass is 16.5. The van der Waals surface area contributed by atoms with Gasteiger partial charge in [-0.1, -0.05) is 30.3 Å². The Morgan fingerprint density at radius 3 is 2.22 bits per heavy atom. The Kier molecular flexibility index (Phi) is 5.30. The van der Waals surface area contributed by atoms with Gasteiger partial charge in [-0.2, -0.15) is 0 Å². The Morgan fingerprint density at radius 2 is 1.49 bits per heavy atom. The summed E-state index contributed by atoms with van der Waals surface area (Å²) >= 11 is 0. The average Bonchev–Trinajstić information content (AvgIpc) is 3.31. The molecular weight excluding hydrogens is 468 g/mol. The number of hydrogen-bond acceptors (Lipinski definition) is 5. The van der Waals surface area contributed by atoms with Gasteiger partial charge < -0.3 is 13.9 Å². The maximum atomic E-state index is 13.7. The van der Waals surface area contributed by atoms with Crippen molar-refractivity contribution in [2.75, 3.05) is 7.11 Å². The fourth-order valence-electron chi connectivity index (χ4n) is 4.91. The summed E-state index contributed by atoms with van der Waals surface area (Å²) in [7, 11) is 4.79. The molecule has 0 aliphatic heterocycles. The second kappa shape index (κ2) is 8.67. The number of rotatable bonds is 5. The number of aryl methyl sites for hydroxylation is 1. The molecule has 0 N–H and O–H groups in total. The second-order valence-electron chi connectivity index (χ2n) is 8.84. The molecule has 0 aliphatic rings. The Morgan fingerprint density at radius 1 is 0.784 bits per heavy atom. The quantitative estimate of drug-likeness (QED) is 0.359. The normalized spacial score (nSPS) is 11.4. The minimum Gasteiger partial charge on any atom is -0.497 e. The first-order chi connectivity index (χ1) is 18.0. The van der Waals surface area contributed by atoms with E-state index in [1.807, 2.05) is 83.3 Å². The van der Waals surface area contributed by atoms with Crippen LogP contribution in [0.1, 0.15) is 5.69 Å². The lowest BCUT2D eigenvalue weighted by Crippen LogP contribution is -2.36. The molecular formula is C29H24N4O4. The van der Waals surface area contributed by atoms with Crippen molar-refractivity contribution >= 4 is 27.5 Å². The Balaban J connectivity index is 1.79. The van der Waals surface area contributed by atoms with Gasteiger partial charge in [-0.05, 0) is 54.1 Å². The van der Waals surface area contributed by atoms with Gasteiger partial charge >= 0.3 is 5.69 Å². The fourth-order valence-corrected chi connectivity index (χ4v) is 4.91. The third kappa shape index (κ3) is 3.48. The minimum atomic E-state index is -0.408. The van der Waals surface area contributed by atoms with E-state index in [-0.39, 0.29) is 12.2 Å². The summed E-state index contributed by atoms with van der Waals surface area (Å²) in [4.78, 5) is 31.7. The Labute approximate surface area is 211 Å². The van der Waals surface area contributed by atoms with E-state index in [9.17, 15) is 9.59 Å². The van der Waals surface area contributed by atoms with Crippen molar-refractivity contribution in [3.63, 3.8) is 0 Å². The van der Waals surface area contributed by atoms with E-state index in [1.165, 1.54) is 11.6 Å². The van der Waals surface area contributed by atoms with Crippen LogP contribution in [0.25, 0.3) is 38.7 Å². The molecule has 0 spiro atoms. The van der Waals surface area contributed by atoms with Gasteiger partial charge in [0.05, 0.1) is 40.3 Å². The summed E-state index contributed by atoms with van der Waals surface area (Å²) in [6.07, 6.45) is 0. The van der Waals surface area contributed by atoms with Gasteiger partial charge in [-0.25, -0.2) is 9.78 Å². The van der Waals surface area contributed by atoms with Crippen molar-refractivity contribution in [2.24, 2.45) is 14.1 Å². The molecule has 3 aromatic carbocycles. The highest BCUT2D eigenvalue weighted by Crippen LogP contribution is 2.36. The molecule has 0 saturated heterocycles. The SMILES string of the molecule is COc1ccc(-c2c3c(=O)n(C)c(=O)n(C)c3c3c(COc4ccccc4)nc4ccccc4n23)cc1. The van der Waals surface area contributed by atoms with Crippen molar-refractivity contribution in [3.8, 4) is 22.8 Å². The first kappa shape index (κ1) is 22.6. The maximum absolute atomic E-state index is 13.7. The molecule has 8 nitrogen and oxygen atoms in total. The third-order valence-electron chi connectivity index (χ3n) is 6.71. The first-order valence-corrected chi connectivity index (χ1v) is 11.8. The molecule has 0 amide bonds. The van der Waals surface area contributed by atoms with Gasteiger partial charge in [-0.15, -0.1) is 0 Å². The van der Waals surface area contributed by atoms with E-state index in [2.05, 4.69) is 0 Å². The predicted molar refractivity (Wildman–Crippen MR) is 143 cm³/mol. The largest absolute Gasteiger partial charge is 0.497 e. The van der Waals surface area contributed by atoms with Gasteiger partial charge in [0, 0.05) is 14.1 Å². The summed E-state index contributed by atoms with van der Waals surface area (Å²) in [6.45, 7) is 0.156. The molecule has 184 valence electrons. The number of hydrogen-bond donors (Lipinski definition) is 0. The van der Waals surface area contributed by atoms with Crippen LogP contribution in [-0.4, -0.2) is 25.6 Å². The van der Waals surface area contributed by atoms with E-state index < -0.39 is 5.69 Å². The van der Waals surface area contributed by atoms with E-state index in [0.717, 1.165) is 21.2 Å². The molecule has 0 unspecified atom stereocenters. The lowest BCUT2D eigenvalue weighted by atomic mass is 10.1. The van der Waals surface area contributed by atoms with E-state index >= 15 is 0 Å². The molecule has 0 radical (unpaired) electrons. The van der Waals surface area contributed by atoms with Crippen molar-refractivity contribution in [2.45, 2.75) is 6.61 Å². The van der Waals surface area contributed by atoms with Crippen LogP contribution in [0, 0.1) is 0 Å². The fraction of sp³-hybridized carbons (Fsp3) is 0.138. The van der Waals surface area contributed by atoms with Crippen LogP contribution < -0.4 is 20.7 Å². The summed E-state index contributed by atoms with van der Waals surface area (Å²) < 4.78 is 16.1. The second-order valence-corrected chi connectivity index (χ2v) is 8.84. The smallest absolute Gasteiger partial charge is 0.331 e. The van der Waals surface area contributed by atoms with E-state index in [4.69, 9.17) is 14.5 Å². The lowest BCUT2D eigenvalue weighted by molar-refractivity contribution is 0.303. The van der Waals surface area contributed by atoms with Gasteiger partial charge in [0.15, 0.2) is 0 Å². The maximum Gasteiger partial charge on any atom is 0.331 e. The van der Waals surface area contributed by atoms with Crippen molar-refractivity contribution in [3.05, 3.63) is 105 Å². The van der Waals surface area contributed by atoms with Gasteiger partial charge in [0.2, 0.25) is 0 Å². The number of ether oxygens (including phenoxy) is 2. The molecule has 0 atom stereocenters. The molecule has 6 rings (SSSR count).